The molecule has 1 rings (SSSR count). The van der Waals surface area contributed by atoms with Crippen LogP contribution >= 0.6 is 0 Å². The molecule has 0 nitrogen and oxygen atoms in total. The van der Waals surface area contributed by atoms with Crippen LogP contribution in [0.5, 0.6) is 0 Å². The van der Waals surface area contributed by atoms with Crippen molar-refractivity contribution >= 4 is 35.5 Å². The lowest BCUT2D eigenvalue weighted by atomic mass is 9.90. The third kappa shape index (κ3) is 9.27. The minimum absolute atomic E-state index is 1.02. The summed E-state index contributed by atoms with van der Waals surface area (Å²) >= 11 is 0. The topological polar surface area (TPSA) is 0 Å². The van der Waals surface area contributed by atoms with Gasteiger partial charge in [0.25, 0.3) is 0 Å². The SMILES string of the molecule is C=CC(C=C)=c1/c(=C\C)c(C=C)c(/C(C=C)=C\C)c(=C\C)/c1=C/C.CC.CC.CC.CC. The molecule has 32 heavy (non-hydrogen) atoms. The average Bonchev–Trinajstić information content (AvgIpc) is 2.89. The van der Waals surface area contributed by atoms with E-state index in [-0.39, 0.29) is 0 Å². The van der Waals surface area contributed by atoms with E-state index in [1.165, 1.54) is 16.0 Å². The van der Waals surface area contributed by atoms with Crippen LogP contribution in [-0.4, -0.2) is 0 Å². The van der Waals surface area contributed by atoms with E-state index >= 15 is 0 Å². The molecule has 0 aromatic heterocycles. The van der Waals surface area contributed by atoms with Crippen LogP contribution in [0.3, 0.4) is 0 Å². The van der Waals surface area contributed by atoms with E-state index in [9.17, 15) is 0 Å². The van der Waals surface area contributed by atoms with Crippen LogP contribution in [0.4, 0.5) is 0 Å². The summed E-state index contributed by atoms with van der Waals surface area (Å²) in [7, 11) is 0. The van der Waals surface area contributed by atoms with Gasteiger partial charge in [-0.2, -0.15) is 0 Å². The Hall–Kier alpha value is -2.60. The van der Waals surface area contributed by atoms with Gasteiger partial charge in [0.1, 0.15) is 0 Å². The van der Waals surface area contributed by atoms with Gasteiger partial charge < -0.3 is 0 Å². The van der Waals surface area contributed by atoms with Crippen LogP contribution in [0.15, 0.2) is 50.6 Å². The zero-order valence-electron chi connectivity index (χ0n) is 23.4. The van der Waals surface area contributed by atoms with Crippen molar-refractivity contribution in [1.29, 1.82) is 0 Å². The molecule has 0 N–H and O–H groups in total. The number of hydrogen-bond acceptors (Lipinski definition) is 0. The van der Waals surface area contributed by atoms with Gasteiger partial charge in [-0.15, -0.1) is 0 Å². The van der Waals surface area contributed by atoms with Gasteiger partial charge in [-0.25, -0.2) is 0 Å². The first kappa shape index (κ1) is 36.8. The Bertz CT molecular complexity index is 935. The molecule has 0 heterocycles. The number of rotatable bonds is 5. The van der Waals surface area contributed by atoms with Crippen molar-refractivity contribution in [2.45, 2.75) is 83.1 Å². The number of allylic oxidation sites excluding steroid dienone is 5. The maximum Gasteiger partial charge on any atom is -0.00335 e. The van der Waals surface area contributed by atoms with Crippen LogP contribution in [0.1, 0.15) is 94.2 Å². The van der Waals surface area contributed by atoms with Crippen LogP contribution in [0, 0.1) is 0 Å². The molecule has 0 heteroatoms. The van der Waals surface area contributed by atoms with E-state index in [1.807, 2.05) is 86.6 Å². The average molecular weight is 437 g/mol. The molecule has 0 fully saturated rings. The highest BCUT2D eigenvalue weighted by Crippen LogP contribution is 2.14. The molecule has 0 bridgehead atoms. The van der Waals surface area contributed by atoms with Gasteiger partial charge in [-0.1, -0.05) is 130 Å². The second-order valence-electron chi connectivity index (χ2n) is 5.29. The summed E-state index contributed by atoms with van der Waals surface area (Å²) in [5, 5.41) is 4.66. The van der Waals surface area contributed by atoms with Crippen molar-refractivity contribution in [3.05, 3.63) is 82.6 Å². The molecule has 0 aliphatic heterocycles. The van der Waals surface area contributed by atoms with Crippen molar-refractivity contribution < 1.29 is 0 Å². The summed E-state index contributed by atoms with van der Waals surface area (Å²) in [6.07, 6.45) is 16.1. The summed E-state index contributed by atoms with van der Waals surface area (Å²) < 4.78 is 0. The summed E-state index contributed by atoms with van der Waals surface area (Å²) in [6, 6.07) is 0. The molecule has 0 unspecified atom stereocenters. The fourth-order valence-corrected chi connectivity index (χ4v) is 3.21. The van der Waals surface area contributed by atoms with Crippen LogP contribution in [0.25, 0.3) is 35.5 Å². The van der Waals surface area contributed by atoms with Crippen molar-refractivity contribution in [2.24, 2.45) is 0 Å². The molecule has 1 aromatic carbocycles. The predicted molar refractivity (Wildman–Crippen MR) is 158 cm³/mol. The standard InChI is InChI=1S/C24H28.4C2H6/c1-9-17(10-2)23-19(13-5)21(15-7)24(18(11-3)12-4)22(16-8)20(23)14-6;4*1-2/h9-16H,1-3,7H2,4-6,8H3;4*1-2H3/b18-12-,19-13-,20-14-,22-16-;;;;. The highest BCUT2D eigenvalue weighted by molar-refractivity contribution is 5.82. The Labute approximate surface area is 201 Å². The third-order valence-electron chi connectivity index (χ3n) is 4.28. The van der Waals surface area contributed by atoms with E-state index in [0.717, 1.165) is 27.1 Å². The van der Waals surface area contributed by atoms with Crippen LogP contribution in [0.2, 0.25) is 0 Å². The second-order valence-corrected chi connectivity index (χ2v) is 5.29. The predicted octanol–water partition coefficient (Wildman–Crippen LogP) is 7.95. The van der Waals surface area contributed by atoms with Gasteiger partial charge >= 0.3 is 0 Å². The summed E-state index contributed by atoms with van der Waals surface area (Å²) in [4.78, 5) is 0. The number of hydrogen-bond donors (Lipinski definition) is 0. The van der Waals surface area contributed by atoms with E-state index in [0.29, 0.717) is 0 Å². The normalized spacial score (nSPS) is 11.1. The molecular formula is C32H52. The lowest BCUT2D eigenvalue weighted by Crippen LogP contribution is -2.52. The highest BCUT2D eigenvalue weighted by Gasteiger charge is 2.10. The molecule has 180 valence electrons. The van der Waals surface area contributed by atoms with E-state index in [4.69, 9.17) is 0 Å². The lowest BCUT2D eigenvalue weighted by molar-refractivity contribution is 1.32. The van der Waals surface area contributed by atoms with E-state index in [2.05, 4.69) is 71.4 Å². The van der Waals surface area contributed by atoms with Crippen molar-refractivity contribution in [1.82, 2.24) is 0 Å². The summed E-state index contributed by atoms with van der Waals surface area (Å²) in [5.41, 5.74) is 4.41. The van der Waals surface area contributed by atoms with Crippen molar-refractivity contribution in [3.8, 4) is 0 Å². The molecule has 0 radical (unpaired) electrons. The molecule has 0 aliphatic rings. The Morgan fingerprint density at radius 3 is 1.22 bits per heavy atom. The Kier molecular flexibility index (Phi) is 28.3. The van der Waals surface area contributed by atoms with Gasteiger partial charge in [0.05, 0.1) is 0 Å². The summed E-state index contributed by atoms with van der Waals surface area (Å²) in [6.45, 7) is 40.2. The lowest BCUT2D eigenvalue weighted by Gasteiger charge is -2.13. The third-order valence-corrected chi connectivity index (χ3v) is 4.28. The van der Waals surface area contributed by atoms with Crippen LogP contribution in [-0.2, 0) is 0 Å². The molecule has 0 saturated heterocycles. The Morgan fingerprint density at radius 1 is 0.562 bits per heavy atom. The molecular weight excluding hydrogens is 384 g/mol. The molecule has 0 spiro atoms. The van der Waals surface area contributed by atoms with Gasteiger partial charge in [-0.3, -0.25) is 0 Å². The summed E-state index contributed by atoms with van der Waals surface area (Å²) in [5.74, 6) is 0. The van der Waals surface area contributed by atoms with Gasteiger partial charge in [0.15, 0.2) is 0 Å². The first-order valence-corrected chi connectivity index (χ1v) is 12.3. The zero-order chi connectivity index (χ0) is 26.3. The first-order valence-electron chi connectivity index (χ1n) is 12.3. The minimum atomic E-state index is 1.02. The van der Waals surface area contributed by atoms with E-state index < -0.39 is 0 Å². The van der Waals surface area contributed by atoms with Gasteiger partial charge in [-0.05, 0) is 70.8 Å². The molecule has 0 amide bonds. The Balaban J connectivity index is -0.000000439. The van der Waals surface area contributed by atoms with Crippen molar-refractivity contribution in [3.63, 3.8) is 0 Å². The molecule has 0 saturated carbocycles. The van der Waals surface area contributed by atoms with E-state index in [1.54, 1.807) is 0 Å². The largest absolute Gasteiger partial charge is 0.0985 e. The smallest absolute Gasteiger partial charge is 0.00335 e. The molecule has 0 aliphatic carbocycles. The quantitative estimate of drug-likeness (QED) is 0.411. The second kappa shape index (κ2) is 24.7. The molecule has 1 aromatic rings. The molecule has 0 atom stereocenters. The maximum absolute atomic E-state index is 4.07. The zero-order valence-corrected chi connectivity index (χ0v) is 23.4. The fourth-order valence-electron chi connectivity index (χ4n) is 3.21. The number of benzene rings is 1. The first-order chi connectivity index (χ1) is 15.6. The highest BCUT2D eigenvalue weighted by atomic mass is 14.1. The van der Waals surface area contributed by atoms with Crippen LogP contribution < -0.4 is 20.9 Å². The monoisotopic (exact) mass is 436 g/mol. The minimum Gasteiger partial charge on any atom is -0.0985 e. The van der Waals surface area contributed by atoms with Gasteiger partial charge in [0.2, 0.25) is 0 Å². The maximum atomic E-state index is 4.07. The fraction of sp³-hybridized carbons (Fsp3) is 0.375. The van der Waals surface area contributed by atoms with Gasteiger partial charge in [0, 0.05) is 0 Å². The van der Waals surface area contributed by atoms with Crippen molar-refractivity contribution in [2.75, 3.05) is 0 Å². The Morgan fingerprint density at radius 2 is 0.969 bits per heavy atom.